The summed E-state index contributed by atoms with van der Waals surface area (Å²) in [4.78, 5) is 17.2. The Kier molecular flexibility index (Phi) is 4.61. The van der Waals surface area contributed by atoms with Crippen molar-refractivity contribution in [1.82, 2.24) is 4.98 Å². The van der Waals surface area contributed by atoms with E-state index >= 15 is 0 Å². The quantitative estimate of drug-likeness (QED) is 0.494. The molecule has 0 amide bonds. The summed E-state index contributed by atoms with van der Waals surface area (Å²) in [5.74, 6) is 0.137. The van der Waals surface area contributed by atoms with Crippen molar-refractivity contribution in [2.45, 2.75) is 5.92 Å². The van der Waals surface area contributed by atoms with Crippen molar-refractivity contribution in [3.05, 3.63) is 100.0 Å². The van der Waals surface area contributed by atoms with Gasteiger partial charge in [-0.3, -0.25) is 4.98 Å². The molecule has 2 N–H and O–H groups in total. The number of rotatable bonds is 3. The van der Waals surface area contributed by atoms with Crippen molar-refractivity contribution in [2.24, 2.45) is 5.73 Å². The summed E-state index contributed by atoms with van der Waals surface area (Å²) < 4.78 is 16.9. The van der Waals surface area contributed by atoms with E-state index < -0.39 is 11.5 Å². The van der Waals surface area contributed by atoms with Gasteiger partial charge in [0.15, 0.2) is 5.75 Å². The van der Waals surface area contributed by atoms with Crippen LogP contribution in [0.5, 0.6) is 11.5 Å². The van der Waals surface area contributed by atoms with Crippen LogP contribution in [0.4, 0.5) is 0 Å². The Balaban J connectivity index is 1.80. The minimum Gasteiger partial charge on any atom is -0.496 e. The monoisotopic (exact) mass is 423 g/mol. The molecule has 5 rings (SSSR count). The van der Waals surface area contributed by atoms with Crippen LogP contribution in [0.2, 0.25) is 0 Å². The fraction of sp³-hybridized carbons (Fsp3) is 0.0800. The number of nitrogens with two attached hydrogens (primary N) is 1. The van der Waals surface area contributed by atoms with Crippen LogP contribution >= 0.6 is 0 Å². The Morgan fingerprint density at radius 1 is 1.16 bits per heavy atom. The third kappa shape index (κ3) is 2.97. The Morgan fingerprint density at radius 2 is 2.00 bits per heavy atom. The molecule has 7 heteroatoms. The van der Waals surface area contributed by atoms with Crippen molar-refractivity contribution in [3.63, 3.8) is 0 Å². The first kappa shape index (κ1) is 19.4. The van der Waals surface area contributed by atoms with E-state index in [-0.39, 0.29) is 17.0 Å². The number of hydrogen-bond acceptors (Lipinski definition) is 7. The molecule has 0 saturated carbocycles. The number of methoxy groups -OCH3 is 1. The molecule has 2 aromatic carbocycles. The minimum atomic E-state index is -0.758. The van der Waals surface area contributed by atoms with Crippen LogP contribution in [0.3, 0.4) is 0 Å². The van der Waals surface area contributed by atoms with Gasteiger partial charge in [-0.05, 0) is 35.9 Å². The molecule has 0 saturated heterocycles. The summed E-state index contributed by atoms with van der Waals surface area (Å²) in [5, 5.41) is 10.5. The Hall–Kier alpha value is -4.57. The molecule has 1 unspecified atom stereocenters. The largest absolute Gasteiger partial charge is 0.496 e. The third-order valence-electron chi connectivity index (χ3n) is 5.50. The van der Waals surface area contributed by atoms with E-state index in [1.54, 1.807) is 49.8 Å². The highest BCUT2D eigenvalue weighted by atomic mass is 16.5. The number of benzene rings is 2. The Labute approximate surface area is 183 Å². The van der Waals surface area contributed by atoms with Crippen LogP contribution in [0, 0.1) is 11.3 Å². The molecule has 1 aliphatic rings. The van der Waals surface area contributed by atoms with Gasteiger partial charge in [0.1, 0.15) is 23.0 Å². The van der Waals surface area contributed by atoms with Gasteiger partial charge in [0.2, 0.25) is 5.88 Å². The normalized spacial score (nSPS) is 15.1. The number of nitriles is 1. The van der Waals surface area contributed by atoms with Crippen molar-refractivity contribution < 1.29 is 13.9 Å². The molecule has 2 aromatic heterocycles. The molecule has 0 radical (unpaired) electrons. The smallest absolute Gasteiger partial charge is 0.344 e. The second kappa shape index (κ2) is 7.60. The third-order valence-corrected chi connectivity index (χ3v) is 5.50. The Bertz CT molecular complexity index is 1480. The second-order valence-corrected chi connectivity index (χ2v) is 7.25. The summed E-state index contributed by atoms with van der Waals surface area (Å²) in [7, 11) is 1.58. The van der Waals surface area contributed by atoms with Crippen molar-refractivity contribution >= 4 is 11.0 Å². The fourth-order valence-electron chi connectivity index (χ4n) is 4.05. The Morgan fingerprint density at radius 3 is 2.75 bits per heavy atom. The molecule has 7 nitrogen and oxygen atoms in total. The highest BCUT2D eigenvalue weighted by Crippen LogP contribution is 2.45. The van der Waals surface area contributed by atoms with E-state index in [1.807, 2.05) is 24.3 Å². The first-order valence-corrected chi connectivity index (χ1v) is 9.84. The maximum absolute atomic E-state index is 13.1. The molecule has 1 aliphatic heterocycles. The summed E-state index contributed by atoms with van der Waals surface area (Å²) in [6, 6.07) is 18.4. The highest BCUT2D eigenvalue weighted by Gasteiger charge is 2.35. The molecule has 156 valence electrons. The van der Waals surface area contributed by atoms with E-state index in [0.717, 1.165) is 11.1 Å². The summed E-state index contributed by atoms with van der Waals surface area (Å²) in [6.45, 7) is 0. The van der Waals surface area contributed by atoms with Crippen LogP contribution in [0.1, 0.15) is 17.0 Å². The average molecular weight is 423 g/mol. The molecule has 0 fully saturated rings. The second-order valence-electron chi connectivity index (χ2n) is 7.25. The number of para-hydroxylation sites is 1. The standard InChI is InChI=1S/C25H17N3O4/c1-30-19-9-8-14(11-17(19)15-5-4-10-28-13-15)21-18(12-26)24(27)32-23-16-6-2-3-7-20(16)31-25(29)22(21)23/h2-11,13,21H,27H2,1H3. The topological polar surface area (TPSA) is 111 Å². The van der Waals surface area contributed by atoms with E-state index in [4.69, 9.17) is 19.6 Å². The maximum atomic E-state index is 13.1. The van der Waals surface area contributed by atoms with Gasteiger partial charge in [0, 0.05) is 23.5 Å². The number of fused-ring (bicyclic) bond motifs is 3. The van der Waals surface area contributed by atoms with Gasteiger partial charge >= 0.3 is 5.63 Å². The molecule has 4 aromatic rings. The highest BCUT2D eigenvalue weighted by molar-refractivity contribution is 5.86. The number of ether oxygens (including phenoxy) is 2. The van der Waals surface area contributed by atoms with Gasteiger partial charge in [-0.1, -0.05) is 24.3 Å². The van der Waals surface area contributed by atoms with Gasteiger partial charge in [-0.15, -0.1) is 0 Å². The van der Waals surface area contributed by atoms with E-state index in [2.05, 4.69) is 11.1 Å². The van der Waals surface area contributed by atoms with E-state index in [1.165, 1.54) is 0 Å². The lowest BCUT2D eigenvalue weighted by Gasteiger charge is -2.26. The fourth-order valence-corrected chi connectivity index (χ4v) is 4.05. The molecule has 0 aliphatic carbocycles. The summed E-state index contributed by atoms with van der Waals surface area (Å²) in [6.07, 6.45) is 3.40. The van der Waals surface area contributed by atoms with Gasteiger partial charge in [-0.25, -0.2) is 4.79 Å². The van der Waals surface area contributed by atoms with Crippen LogP contribution in [-0.2, 0) is 0 Å². The predicted octanol–water partition coefficient (Wildman–Crippen LogP) is 4.08. The zero-order valence-electron chi connectivity index (χ0n) is 17.0. The van der Waals surface area contributed by atoms with Gasteiger partial charge in [0.25, 0.3) is 0 Å². The van der Waals surface area contributed by atoms with Crippen LogP contribution in [-0.4, -0.2) is 12.1 Å². The molecule has 0 spiro atoms. The van der Waals surface area contributed by atoms with Gasteiger partial charge < -0.3 is 19.6 Å². The lowest BCUT2D eigenvalue weighted by Crippen LogP contribution is -2.26. The van der Waals surface area contributed by atoms with Crippen molar-refractivity contribution in [1.29, 1.82) is 5.26 Å². The zero-order valence-corrected chi connectivity index (χ0v) is 17.0. The van der Waals surface area contributed by atoms with E-state index in [9.17, 15) is 10.1 Å². The molecule has 32 heavy (non-hydrogen) atoms. The first-order chi connectivity index (χ1) is 15.6. The minimum absolute atomic E-state index is 0.0421. The predicted molar refractivity (Wildman–Crippen MR) is 118 cm³/mol. The van der Waals surface area contributed by atoms with Crippen LogP contribution in [0.25, 0.3) is 22.1 Å². The first-order valence-electron chi connectivity index (χ1n) is 9.84. The zero-order chi connectivity index (χ0) is 22.2. The van der Waals surface area contributed by atoms with Gasteiger partial charge in [-0.2, -0.15) is 5.26 Å². The lowest BCUT2D eigenvalue weighted by atomic mass is 9.82. The molecular formula is C25H17N3O4. The molecule has 0 bridgehead atoms. The lowest BCUT2D eigenvalue weighted by molar-refractivity contribution is 0.388. The van der Waals surface area contributed by atoms with Crippen molar-refractivity contribution in [2.75, 3.05) is 7.11 Å². The van der Waals surface area contributed by atoms with Crippen LogP contribution < -0.4 is 20.8 Å². The van der Waals surface area contributed by atoms with Crippen molar-refractivity contribution in [3.8, 4) is 28.7 Å². The molecular weight excluding hydrogens is 406 g/mol. The summed E-state index contributed by atoms with van der Waals surface area (Å²) >= 11 is 0. The number of pyridine rings is 1. The average Bonchev–Trinajstić information content (AvgIpc) is 2.83. The van der Waals surface area contributed by atoms with Gasteiger partial charge in [0.05, 0.1) is 24.0 Å². The van der Waals surface area contributed by atoms with Crippen LogP contribution in [0.15, 0.2) is 87.7 Å². The number of hydrogen-bond donors (Lipinski definition) is 1. The number of allylic oxidation sites excluding steroid dienone is 1. The number of aromatic nitrogens is 1. The maximum Gasteiger partial charge on any atom is 0.344 e. The molecule has 3 heterocycles. The number of nitrogens with zero attached hydrogens (tertiary/aromatic N) is 2. The summed E-state index contributed by atoms with van der Waals surface area (Å²) in [5.41, 5.74) is 8.60. The van der Waals surface area contributed by atoms with E-state index in [0.29, 0.717) is 28.0 Å². The molecule has 1 atom stereocenters. The SMILES string of the molecule is COc1ccc(C2C(C#N)=C(N)Oc3c2c(=O)oc2ccccc32)cc1-c1cccnc1.